The number of aliphatic carboxylic acids is 1. The molecule has 0 radical (unpaired) electrons. The van der Waals surface area contributed by atoms with E-state index >= 15 is 0 Å². The Kier molecular flexibility index (Phi) is 4.46. The van der Waals surface area contributed by atoms with Gasteiger partial charge in [-0.15, -0.1) is 0 Å². The highest BCUT2D eigenvalue weighted by molar-refractivity contribution is 6.32. The molecule has 0 atom stereocenters. The normalized spacial score (nSPS) is 14.5. The second kappa shape index (κ2) is 6.93. The smallest absolute Gasteiger partial charge is 0.341 e. The van der Waals surface area contributed by atoms with Crippen LogP contribution in [0.25, 0.3) is 22.6 Å². The highest BCUT2D eigenvalue weighted by Crippen LogP contribution is 2.35. The minimum atomic E-state index is -1.07. The fraction of sp³-hybridized carbons (Fsp3) is 0.143. The van der Waals surface area contributed by atoms with Crippen LogP contribution in [0, 0.1) is 0 Å². The Bertz CT molecular complexity index is 1140. The second-order valence-corrected chi connectivity index (χ2v) is 6.68. The first-order chi connectivity index (χ1) is 13.0. The third kappa shape index (κ3) is 3.34. The maximum Gasteiger partial charge on any atom is 0.341 e. The second-order valence-electron chi connectivity index (χ2n) is 6.27. The number of hydrogen-bond acceptors (Lipinski definition) is 4. The molecule has 0 fully saturated rings. The van der Waals surface area contributed by atoms with Crippen LogP contribution in [-0.2, 0) is 11.2 Å². The van der Waals surface area contributed by atoms with Crippen LogP contribution in [0.15, 0.2) is 51.7 Å². The lowest BCUT2D eigenvalue weighted by Crippen LogP contribution is -2.10. The van der Waals surface area contributed by atoms with Crippen molar-refractivity contribution in [2.45, 2.75) is 12.8 Å². The van der Waals surface area contributed by atoms with E-state index in [1.165, 1.54) is 0 Å². The Balaban J connectivity index is 1.80. The highest BCUT2D eigenvalue weighted by atomic mass is 35.5. The van der Waals surface area contributed by atoms with Gasteiger partial charge in [-0.05, 0) is 48.3 Å². The number of carboxylic acid groups (broad SMARTS) is 1. The van der Waals surface area contributed by atoms with Gasteiger partial charge in [-0.1, -0.05) is 29.8 Å². The number of rotatable bonds is 4. The zero-order valence-electron chi connectivity index (χ0n) is 14.2. The first-order valence-corrected chi connectivity index (χ1v) is 8.80. The number of allylic oxidation sites excluding steroid dienone is 1. The van der Waals surface area contributed by atoms with Crippen LogP contribution in [-0.4, -0.2) is 17.7 Å². The number of ether oxygens (including phenoxy) is 1. The Morgan fingerprint density at radius 3 is 2.81 bits per heavy atom. The van der Waals surface area contributed by atoms with Gasteiger partial charge >= 0.3 is 5.97 Å². The van der Waals surface area contributed by atoms with E-state index in [1.54, 1.807) is 18.2 Å². The Morgan fingerprint density at radius 1 is 1.22 bits per heavy atom. The van der Waals surface area contributed by atoms with Crippen LogP contribution in [0.1, 0.15) is 23.3 Å². The Labute approximate surface area is 159 Å². The van der Waals surface area contributed by atoms with E-state index in [-0.39, 0.29) is 5.43 Å². The van der Waals surface area contributed by atoms with Crippen molar-refractivity contribution in [2.24, 2.45) is 0 Å². The van der Waals surface area contributed by atoms with Crippen molar-refractivity contribution >= 4 is 40.2 Å². The molecule has 0 aliphatic heterocycles. The van der Waals surface area contributed by atoms with Gasteiger partial charge in [0.2, 0.25) is 0 Å². The lowest BCUT2D eigenvalue weighted by Gasteiger charge is -2.07. The van der Waals surface area contributed by atoms with Gasteiger partial charge in [-0.2, -0.15) is 0 Å². The summed E-state index contributed by atoms with van der Waals surface area (Å²) >= 11 is 6.24. The number of hydrogen-bond donors (Lipinski definition) is 1. The van der Waals surface area contributed by atoms with Crippen LogP contribution >= 0.6 is 11.6 Å². The number of carboxylic acids is 1. The number of carbonyl (C=O) groups is 1. The minimum Gasteiger partial charge on any atom is -0.482 e. The van der Waals surface area contributed by atoms with Crippen molar-refractivity contribution in [3.8, 4) is 5.75 Å². The van der Waals surface area contributed by atoms with Crippen molar-refractivity contribution in [1.82, 2.24) is 0 Å². The molecule has 1 aliphatic carbocycles. The Morgan fingerprint density at radius 2 is 2.04 bits per heavy atom. The number of benzene rings is 2. The van der Waals surface area contributed by atoms with E-state index in [2.05, 4.69) is 0 Å². The monoisotopic (exact) mass is 382 g/mol. The summed E-state index contributed by atoms with van der Waals surface area (Å²) in [5.41, 5.74) is 2.73. The summed E-state index contributed by atoms with van der Waals surface area (Å²) in [6.45, 7) is -0.460. The van der Waals surface area contributed by atoms with E-state index in [1.807, 2.05) is 30.3 Å². The molecule has 3 aromatic rings. The molecule has 1 aromatic heterocycles. The molecule has 0 unspecified atom stereocenters. The summed E-state index contributed by atoms with van der Waals surface area (Å²) in [5, 5.41) is 9.82. The topological polar surface area (TPSA) is 76.7 Å². The summed E-state index contributed by atoms with van der Waals surface area (Å²) in [4.78, 5) is 23.5. The van der Waals surface area contributed by atoms with Crippen LogP contribution in [0.2, 0.25) is 5.02 Å². The zero-order valence-corrected chi connectivity index (χ0v) is 15.0. The summed E-state index contributed by atoms with van der Waals surface area (Å²) in [7, 11) is 0. The zero-order chi connectivity index (χ0) is 19.0. The lowest BCUT2D eigenvalue weighted by atomic mass is 10.1. The van der Waals surface area contributed by atoms with E-state index in [0.717, 1.165) is 11.1 Å². The van der Waals surface area contributed by atoms with E-state index < -0.39 is 12.6 Å². The summed E-state index contributed by atoms with van der Waals surface area (Å²) in [6, 6.07) is 12.2. The summed E-state index contributed by atoms with van der Waals surface area (Å²) in [6.07, 6.45) is 3.24. The fourth-order valence-corrected chi connectivity index (χ4v) is 3.41. The predicted octanol–water partition coefficient (Wildman–Crippen LogP) is 4.40. The molecule has 1 N–H and O–H groups in total. The molecule has 0 saturated heterocycles. The van der Waals surface area contributed by atoms with Gasteiger partial charge in [-0.3, -0.25) is 4.79 Å². The molecule has 0 amide bonds. The van der Waals surface area contributed by atoms with Crippen molar-refractivity contribution in [2.75, 3.05) is 6.61 Å². The third-order valence-electron chi connectivity index (χ3n) is 4.49. The van der Waals surface area contributed by atoms with E-state index in [0.29, 0.717) is 45.9 Å². The SMILES string of the molecule is O=C(O)COc1ccc2c(=O)c3c(oc2c1)C(=Cc1ccccc1Cl)CC3. The van der Waals surface area contributed by atoms with Crippen molar-refractivity contribution < 1.29 is 19.1 Å². The molecule has 4 rings (SSSR count). The first-order valence-electron chi connectivity index (χ1n) is 8.43. The molecular formula is C21H15ClO5. The molecule has 6 heteroatoms. The summed E-state index contributed by atoms with van der Waals surface area (Å²) in [5.74, 6) is -0.180. The van der Waals surface area contributed by atoms with Crippen molar-refractivity contribution in [3.63, 3.8) is 0 Å². The standard InChI is InChI=1S/C21H15ClO5/c22-17-4-2-1-3-12(17)9-13-5-7-16-20(25)15-8-6-14(26-11-19(23)24)10-18(15)27-21(13)16/h1-4,6,8-10H,5,7,11H2,(H,23,24). The van der Waals surface area contributed by atoms with E-state index in [4.69, 9.17) is 25.9 Å². The lowest BCUT2D eigenvalue weighted by molar-refractivity contribution is -0.139. The minimum absolute atomic E-state index is 0.0707. The molecule has 0 spiro atoms. The quantitative estimate of drug-likeness (QED) is 0.723. The average molecular weight is 383 g/mol. The Hall–Kier alpha value is -3.05. The van der Waals surface area contributed by atoms with Crippen LogP contribution < -0.4 is 10.2 Å². The van der Waals surface area contributed by atoms with Crippen LogP contribution in [0.3, 0.4) is 0 Å². The van der Waals surface area contributed by atoms with Gasteiger partial charge in [0.15, 0.2) is 12.0 Å². The van der Waals surface area contributed by atoms with Gasteiger partial charge in [0, 0.05) is 16.7 Å². The molecule has 1 heterocycles. The van der Waals surface area contributed by atoms with Crippen LogP contribution in [0.5, 0.6) is 5.75 Å². The fourth-order valence-electron chi connectivity index (χ4n) is 3.22. The average Bonchev–Trinajstić information content (AvgIpc) is 3.05. The third-order valence-corrected chi connectivity index (χ3v) is 4.84. The van der Waals surface area contributed by atoms with Gasteiger partial charge in [0.25, 0.3) is 0 Å². The molecule has 0 bridgehead atoms. The molecule has 5 nitrogen and oxygen atoms in total. The van der Waals surface area contributed by atoms with Crippen molar-refractivity contribution in [1.29, 1.82) is 0 Å². The van der Waals surface area contributed by atoms with Crippen LogP contribution in [0.4, 0.5) is 0 Å². The maximum atomic E-state index is 12.8. The molecule has 2 aromatic carbocycles. The van der Waals surface area contributed by atoms with Gasteiger partial charge < -0.3 is 14.3 Å². The molecule has 27 heavy (non-hydrogen) atoms. The molecule has 136 valence electrons. The molecule has 1 aliphatic rings. The van der Waals surface area contributed by atoms with E-state index in [9.17, 15) is 9.59 Å². The molecular weight excluding hydrogens is 368 g/mol. The highest BCUT2D eigenvalue weighted by Gasteiger charge is 2.24. The van der Waals surface area contributed by atoms with Gasteiger partial charge in [0.1, 0.15) is 17.1 Å². The number of fused-ring (bicyclic) bond motifs is 2. The van der Waals surface area contributed by atoms with Crippen molar-refractivity contribution in [3.05, 3.63) is 74.6 Å². The summed E-state index contributed by atoms with van der Waals surface area (Å²) < 4.78 is 11.2. The predicted molar refractivity (Wildman–Crippen MR) is 103 cm³/mol. The van der Waals surface area contributed by atoms with Gasteiger partial charge in [0.05, 0.1) is 5.39 Å². The van der Waals surface area contributed by atoms with Gasteiger partial charge in [-0.25, -0.2) is 4.79 Å². The molecule has 0 saturated carbocycles. The maximum absolute atomic E-state index is 12.8. The first kappa shape index (κ1) is 17.4. The largest absolute Gasteiger partial charge is 0.482 e. The number of halogens is 1.